The molecule has 0 aromatic carbocycles. The molecule has 2 rings (SSSR count). The van der Waals surface area contributed by atoms with Gasteiger partial charge < -0.3 is 9.73 Å². The Hall–Kier alpha value is -1.14. The number of nitrogens with zero attached hydrogens (tertiary/aromatic N) is 1. The highest BCUT2D eigenvalue weighted by Crippen LogP contribution is 2.20. The number of carbonyl (C=O) groups is 1. The van der Waals surface area contributed by atoms with E-state index in [-0.39, 0.29) is 5.91 Å². The van der Waals surface area contributed by atoms with Crippen molar-refractivity contribution >= 4 is 33.2 Å². The molecule has 0 aliphatic heterocycles. The number of carbonyl (C=O) groups excluding carboxylic acids is 1. The molecule has 15 heavy (non-hydrogen) atoms. The molecule has 78 valence electrons. The van der Waals surface area contributed by atoms with Gasteiger partial charge in [-0.3, -0.25) is 4.79 Å². The zero-order chi connectivity index (χ0) is 10.7. The molecule has 6 heteroatoms. The van der Waals surface area contributed by atoms with Gasteiger partial charge in [0.25, 0.3) is 5.91 Å². The summed E-state index contributed by atoms with van der Waals surface area (Å²) in [4.78, 5) is 15.5. The van der Waals surface area contributed by atoms with Crippen molar-refractivity contribution in [1.82, 2.24) is 10.3 Å². The predicted octanol–water partition coefficient (Wildman–Crippen LogP) is 2.43. The van der Waals surface area contributed by atoms with Gasteiger partial charge in [0.2, 0.25) is 0 Å². The van der Waals surface area contributed by atoms with Crippen molar-refractivity contribution in [2.75, 3.05) is 0 Å². The van der Waals surface area contributed by atoms with Gasteiger partial charge >= 0.3 is 0 Å². The Balaban J connectivity index is 1.96. The standard InChI is InChI=1S/C9H7BrN2O2S/c10-8-4-15-3-7(8)9(13)11-1-6-2-14-5-12-6/h2-5H,1H2,(H,11,13). The minimum absolute atomic E-state index is 0.119. The highest BCUT2D eigenvalue weighted by atomic mass is 79.9. The second-order valence-electron chi connectivity index (χ2n) is 2.80. The Labute approximate surface area is 98.5 Å². The first-order valence-electron chi connectivity index (χ1n) is 4.14. The first-order valence-corrected chi connectivity index (χ1v) is 5.88. The Morgan fingerprint density at radius 2 is 2.47 bits per heavy atom. The lowest BCUT2D eigenvalue weighted by Crippen LogP contribution is -2.22. The number of thiophene rings is 1. The predicted molar refractivity (Wildman–Crippen MR) is 59.7 cm³/mol. The third-order valence-electron chi connectivity index (χ3n) is 1.77. The van der Waals surface area contributed by atoms with Crippen molar-refractivity contribution in [1.29, 1.82) is 0 Å². The number of nitrogens with one attached hydrogen (secondary N) is 1. The van der Waals surface area contributed by atoms with Crippen LogP contribution in [-0.2, 0) is 6.54 Å². The summed E-state index contributed by atoms with van der Waals surface area (Å²) in [6.07, 6.45) is 2.84. The average Bonchev–Trinajstić information content (AvgIpc) is 2.84. The number of rotatable bonds is 3. The number of halogens is 1. The zero-order valence-electron chi connectivity index (χ0n) is 7.57. The highest BCUT2D eigenvalue weighted by Gasteiger charge is 2.10. The maximum absolute atomic E-state index is 11.6. The molecule has 0 saturated carbocycles. The summed E-state index contributed by atoms with van der Waals surface area (Å²) in [6.45, 7) is 0.373. The minimum Gasteiger partial charge on any atom is -0.451 e. The average molecular weight is 287 g/mol. The van der Waals surface area contributed by atoms with Crippen molar-refractivity contribution in [3.05, 3.63) is 39.1 Å². The van der Waals surface area contributed by atoms with Gasteiger partial charge in [0.15, 0.2) is 6.39 Å². The van der Waals surface area contributed by atoms with Crippen molar-refractivity contribution in [3.8, 4) is 0 Å². The van der Waals surface area contributed by atoms with Gasteiger partial charge in [0.1, 0.15) is 6.26 Å². The molecule has 0 aliphatic rings. The van der Waals surface area contributed by atoms with Crippen molar-refractivity contribution in [2.45, 2.75) is 6.54 Å². The van der Waals surface area contributed by atoms with Crippen LogP contribution in [-0.4, -0.2) is 10.9 Å². The molecule has 1 amide bonds. The first-order chi connectivity index (χ1) is 7.27. The summed E-state index contributed by atoms with van der Waals surface area (Å²) in [5.41, 5.74) is 1.35. The van der Waals surface area contributed by atoms with Gasteiger partial charge in [-0.05, 0) is 15.9 Å². The lowest BCUT2D eigenvalue weighted by molar-refractivity contribution is 0.0950. The van der Waals surface area contributed by atoms with E-state index in [0.717, 1.165) is 4.47 Å². The summed E-state index contributed by atoms with van der Waals surface area (Å²) in [7, 11) is 0. The number of aromatic nitrogens is 1. The normalized spacial score (nSPS) is 10.2. The molecule has 0 spiro atoms. The maximum atomic E-state index is 11.6. The molecule has 0 bridgehead atoms. The molecule has 0 radical (unpaired) electrons. The zero-order valence-corrected chi connectivity index (χ0v) is 9.97. The van der Waals surface area contributed by atoms with E-state index in [1.807, 2.05) is 5.38 Å². The molecular formula is C9H7BrN2O2S. The molecule has 0 aliphatic carbocycles. The highest BCUT2D eigenvalue weighted by molar-refractivity contribution is 9.10. The molecule has 4 nitrogen and oxygen atoms in total. The molecule has 2 aromatic rings. The van der Waals surface area contributed by atoms with Crippen molar-refractivity contribution in [2.24, 2.45) is 0 Å². The van der Waals surface area contributed by atoms with Crippen molar-refractivity contribution in [3.63, 3.8) is 0 Å². The Morgan fingerprint density at radius 1 is 1.60 bits per heavy atom. The van der Waals surface area contributed by atoms with Crippen LogP contribution in [0.1, 0.15) is 16.1 Å². The number of amides is 1. The second-order valence-corrected chi connectivity index (χ2v) is 4.39. The monoisotopic (exact) mass is 286 g/mol. The van der Waals surface area contributed by atoms with Gasteiger partial charge in [-0.15, -0.1) is 0 Å². The third-order valence-corrected chi connectivity index (χ3v) is 3.48. The molecule has 0 fully saturated rings. The molecule has 2 heterocycles. The summed E-state index contributed by atoms with van der Waals surface area (Å²) in [5.74, 6) is -0.119. The van der Waals surface area contributed by atoms with Crippen LogP contribution in [0.25, 0.3) is 0 Å². The SMILES string of the molecule is O=C(NCc1cocn1)c1cscc1Br. The molecule has 2 aromatic heterocycles. The van der Waals surface area contributed by atoms with E-state index >= 15 is 0 Å². The van der Waals surface area contributed by atoms with Gasteiger partial charge in [-0.2, -0.15) is 11.3 Å². The van der Waals surface area contributed by atoms with Crippen LogP contribution in [0.2, 0.25) is 0 Å². The van der Waals surface area contributed by atoms with Crippen LogP contribution in [0.15, 0.2) is 32.3 Å². The Morgan fingerprint density at radius 3 is 3.07 bits per heavy atom. The van der Waals surface area contributed by atoms with E-state index in [0.29, 0.717) is 17.8 Å². The summed E-state index contributed by atoms with van der Waals surface area (Å²) < 4.78 is 5.60. The van der Waals surface area contributed by atoms with E-state index in [9.17, 15) is 4.79 Å². The molecule has 1 N–H and O–H groups in total. The van der Waals surface area contributed by atoms with Crippen LogP contribution in [0.5, 0.6) is 0 Å². The van der Waals surface area contributed by atoms with Gasteiger partial charge in [-0.25, -0.2) is 4.98 Å². The van der Waals surface area contributed by atoms with Gasteiger partial charge in [0, 0.05) is 15.2 Å². The lowest BCUT2D eigenvalue weighted by atomic mass is 10.3. The smallest absolute Gasteiger partial charge is 0.253 e. The van der Waals surface area contributed by atoms with Gasteiger partial charge in [-0.1, -0.05) is 0 Å². The fourth-order valence-electron chi connectivity index (χ4n) is 1.03. The summed E-state index contributed by atoms with van der Waals surface area (Å²) >= 11 is 4.78. The topological polar surface area (TPSA) is 55.1 Å². The molecular weight excluding hydrogens is 280 g/mol. The van der Waals surface area contributed by atoms with E-state index in [1.54, 1.807) is 5.38 Å². The van der Waals surface area contributed by atoms with E-state index in [2.05, 4.69) is 26.2 Å². The fraction of sp³-hybridized carbons (Fsp3) is 0.111. The maximum Gasteiger partial charge on any atom is 0.253 e. The van der Waals surface area contributed by atoms with E-state index in [4.69, 9.17) is 4.42 Å². The van der Waals surface area contributed by atoms with Crippen molar-refractivity contribution < 1.29 is 9.21 Å². The largest absolute Gasteiger partial charge is 0.451 e. The van der Waals surface area contributed by atoms with Crippen LogP contribution in [0.4, 0.5) is 0 Å². The van der Waals surface area contributed by atoms with Crippen LogP contribution in [0.3, 0.4) is 0 Å². The Bertz CT molecular complexity index is 452. The Kier molecular flexibility index (Phi) is 3.17. The molecule has 0 unspecified atom stereocenters. The van der Waals surface area contributed by atoms with Crippen LogP contribution >= 0.6 is 27.3 Å². The summed E-state index contributed by atoms with van der Waals surface area (Å²) in [5, 5.41) is 6.40. The quantitative estimate of drug-likeness (QED) is 0.943. The number of oxazole rings is 1. The van der Waals surface area contributed by atoms with Crippen LogP contribution in [0, 0.1) is 0 Å². The summed E-state index contributed by atoms with van der Waals surface area (Å²) in [6, 6.07) is 0. The minimum atomic E-state index is -0.119. The second kappa shape index (κ2) is 4.59. The third kappa shape index (κ3) is 2.45. The van der Waals surface area contributed by atoms with Crippen LogP contribution < -0.4 is 5.32 Å². The molecule has 0 saturated heterocycles. The first kappa shape index (κ1) is 10.4. The number of hydrogen-bond donors (Lipinski definition) is 1. The number of hydrogen-bond acceptors (Lipinski definition) is 4. The van der Waals surface area contributed by atoms with Gasteiger partial charge in [0.05, 0.1) is 17.8 Å². The fourth-order valence-corrected chi connectivity index (χ4v) is 2.49. The molecule has 0 atom stereocenters. The lowest BCUT2D eigenvalue weighted by Gasteiger charge is -2.00. The van der Waals surface area contributed by atoms with E-state index in [1.165, 1.54) is 24.0 Å². The van der Waals surface area contributed by atoms with E-state index < -0.39 is 0 Å².